The van der Waals surface area contributed by atoms with E-state index in [1.165, 1.54) is 0 Å². The van der Waals surface area contributed by atoms with Crippen molar-refractivity contribution in [2.45, 2.75) is 44.6 Å². The molecule has 0 aromatic heterocycles. The number of hydrogen-bond acceptors (Lipinski definition) is 2. The maximum Gasteiger partial charge on any atom is 0.323 e. The van der Waals surface area contributed by atoms with E-state index in [4.69, 9.17) is 5.11 Å². The SMILES string of the molecule is CCCC1(C(=O)O)CCCCN1.Cl. The van der Waals surface area contributed by atoms with Gasteiger partial charge in [0.15, 0.2) is 0 Å². The van der Waals surface area contributed by atoms with Crippen molar-refractivity contribution in [1.82, 2.24) is 5.32 Å². The average molecular weight is 208 g/mol. The normalized spacial score (nSPS) is 27.8. The Labute approximate surface area is 85.3 Å². The smallest absolute Gasteiger partial charge is 0.323 e. The zero-order valence-corrected chi connectivity index (χ0v) is 8.82. The maximum atomic E-state index is 11.0. The van der Waals surface area contributed by atoms with Crippen LogP contribution < -0.4 is 5.32 Å². The van der Waals surface area contributed by atoms with E-state index in [-0.39, 0.29) is 12.4 Å². The standard InChI is InChI=1S/C9H17NO2.ClH/c1-2-5-9(8(11)12)6-3-4-7-10-9;/h10H,2-7H2,1H3,(H,11,12);1H. The van der Waals surface area contributed by atoms with Crippen molar-refractivity contribution in [2.75, 3.05) is 6.54 Å². The zero-order valence-electron chi connectivity index (χ0n) is 8.01. The van der Waals surface area contributed by atoms with Gasteiger partial charge in [-0.15, -0.1) is 12.4 Å². The van der Waals surface area contributed by atoms with Crippen molar-refractivity contribution in [3.63, 3.8) is 0 Å². The summed E-state index contributed by atoms with van der Waals surface area (Å²) in [5, 5.41) is 12.2. The second-order valence-corrected chi connectivity index (χ2v) is 3.52. The first-order valence-corrected chi connectivity index (χ1v) is 4.70. The summed E-state index contributed by atoms with van der Waals surface area (Å²) in [7, 11) is 0. The molecule has 1 rings (SSSR count). The Bertz CT molecular complexity index is 161. The number of nitrogens with one attached hydrogen (secondary N) is 1. The maximum absolute atomic E-state index is 11.0. The lowest BCUT2D eigenvalue weighted by molar-refractivity contribution is -0.146. The molecule has 1 fully saturated rings. The number of halogens is 1. The van der Waals surface area contributed by atoms with Crippen LogP contribution in [0.1, 0.15) is 39.0 Å². The van der Waals surface area contributed by atoms with Crippen LogP contribution in [0.15, 0.2) is 0 Å². The largest absolute Gasteiger partial charge is 0.480 e. The predicted molar refractivity (Wildman–Crippen MR) is 54.4 cm³/mol. The lowest BCUT2D eigenvalue weighted by Gasteiger charge is -2.34. The zero-order chi connectivity index (χ0) is 9.03. The van der Waals surface area contributed by atoms with Crippen LogP contribution in [0.3, 0.4) is 0 Å². The van der Waals surface area contributed by atoms with E-state index in [9.17, 15) is 4.79 Å². The summed E-state index contributed by atoms with van der Waals surface area (Å²) < 4.78 is 0. The molecule has 0 bridgehead atoms. The van der Waals surface area contributed by atoms with Crippen LogP contribution in [0, 0.1) is 0 Å². The Morgan fingerprint density at radius 3 is 2.62 bits per heavy atom. The summed E-state index contributed by atoms with van der Waals surface area (Å²) in [5.74, 6) is -0.677. The van der Waals surface area contributed by atoms with Crippen LogP contribution in [-0.4, -0.2) is 23.2 Å². The highest BCUT2D eigenvalue weighted by molar-refractivity contribution is 5.85. The van der Waals surface area contributed by atoms with E-state index in [2.05, 4.69) is 5.32 Å². The van der Waals surface area contributed by atoms with Gasteiger partial charge in [0, 0.05) is 0 Å². The van der Waals surface area contributed by atoms with E-state index in [1.54, 1.807) is 0 Å². The van der Waals surface area contributed by atoms with Crippen LogP contribution in [0.5, 0.6) is 0 Å². The third-order valence-electron chi connectivity index (χ3n) is 2.58. The molecule has 1 atom stereocenters. The molecule has 1 heterocycles. The first-order valence-electron chi connectivity index (χ1n) is 4.70. The van der Waals surface area contributed by atoms with Crippen LogP contribution in [0.25, 0.3) is 0 Å². The fourth-order valence-electron chi connectivity index (χ4n) is 1.90. The molecule has 1 saturated heterocycles. The number of rotatable bonds is 3. The molecule has 78 valence electrons. The Morgan fingerprint density at radius 1 is 1.54 bits per heavy atom. The van der Waals surface area contributed by atoms with Gasteiger partial charge >= 0.3 is 5.97 Å². The molecule has 3 nitrogen and oxygen atoms in total. The van der Waals surface area contributed by atoms with Crippen molar-refractivity contribution in [1.29, 1.82) is 0 Å². The number of carbonyl (C=O) groups is 1. The molecule has 0 amide bonds. The highest BCUT2D eigenvalue weighted by Gasteiger charge is 2.38. The van der Waals surface area contributed by atoms with Crippen molar-refractivity contribution in [3.8, 4) is 0 Å². The number of hydrogen-bond donors (Lipinski definition) is 2. The topological polar surface area (TPSA) is 49.3 Å². The molecule has 0 aromatic rings. The third-order valence-corrected chi connectivity index (χ3v) is 2.58. The fraction of sp³-hybridized carbons (Fsp3) is 0.889. The molecular formula is C9H18ClNO2. The van der Waals surface area contributed by atoms with Gasteiger partial charge in [-0.25, -0.2) is 0 Å². The summed E-state index contributed by atoms with van der Waals surface area (Å²) in [6, 6.07) is 0. The number of carboxylic acids is 1. The van der Waals surface area contributed by atoms with Gasteiger partial charge in [-0.1, -0.05) is 13.3 Å². The molecule has 0 spiro atoms. The molecule has 0 radical (unpaired) electrons. The van der Waals surface area contributed by atoms with Crippen molar-refractivity contribution < 1.29 is 9.90 Å². The summed E-state index contributed by atoms with van der Waals surface area (Å²) in [6.07, 6.45) is 4.62. The quantitative estimate of drug-likeness (QED) is 0.742. The monoisotopic (exact) mass is 207 g/mol. The molecule has 1 aliphatic rings. The number of aliphatic carboxylic acids is 1. The molecule has 1 unspecified atom stereocenters. The summed E-state index contributed by atoms with van der Waals surface area (Å²) >= 11 is 0. The minimum Gasteiger partial charge on any atom is -0.480 e. The van der Waals surface area contributed by atoms with Crippen molar-refractivity contribution in [3.05, 3.63) is 0 Å². The van der Waals surface area contributed by atoms with Crippen LogP contribution in [0.4, 0.5) is 0 Å². The van der Waals surface area contributed by atoms with Gasteiger partial charge in [0.2, 0.25) is 0 Å². The van der Waals surface area contributed by atoms with Crippen LogP contribution in [0.2, 0.25) is 0 Å². The van der Waals surface area contributed by atoms with Gasteiger partial charge in [0.1, 0.15) is 5.54 Å². The first kappa shape index (κ1) is 12.7. The van der Waals surface area contributed by atoms with Crippen LogP contribution in [-0.2, 0) is 4.79 Å². The van der Waals surface area contributed by atoms with E-state index in [1.807, 2.05) is 6.92 Å². The lowest BCUT2D eigenvalue weighted by Crippen LogP contribution is -2.54. The Balaban J connectivity index is 0.00000144. The molecule has 0 saturated carbocycles. The highest BCUT2D eigenvalue weighted by atomic mass is 35.5. The minimum atomic E-state index is -0.677. The molecule has 4 heteroatoms. The highest BCUT2D eigenvalue weighted by Crippen LogP contribution is 2.24. The van der Waals surface area contributed by atoms with E-state index >= 15 is 0 Å². The lowest BCUT2D eigenvalue weighted by atomic mass is 9.85. The number of piperidine rings is 1. The molecule has 1 aliphatic heterocycles. The van der Waals surface area contributed by atoms with Crippen molar-refractivity contribution >= 4 is 18.4 Å². The molecule has 2 N–H and O–H groups in total. The van der Waals surface area contributed by atoms with Gasteiger partial charge in [-0.3, -0.25) is 4.79 Å². The van der Waals surface area contributed by atoms with Gasteiger partial charge in [0.05, 0.1) is 0 Å². The van der Waals surface area contributed by atoms with E-state index in [0.29, 0.717) is 0 Å². The Hall–Kier alpha value is -0.280. The molecular weight excluding hydrogens is 190 g/mol. The second-order valence-electron chi connectivity index (χ2n) is 3.52. The van der Waals surface area contributed by atoms with Gasteiger partial charge < -0.3 is 10.4 Å². The van der Waals surface area contributed by atoms with E-state index in [0.717, 1.165) is 38.6 Å². The predicted octanol–water partition coefficient (Wildman–Crippen LogP) is 1.81. The third kappa shape index (κ3) is 2.85. The van der Waals surface area contributed by atoms with Gasteiger partial charge in [0.25, 0.3) is 0 Å². The fourth-order valence-corrected chi connectivity index (χ4v) is 1.90. The summed E-state index contributed by atoms with van der Waals surface area (Å²) in [4.78, 5) is 11.0. The van der Waals surface area contributed by atoms with Gasteiger partial charge in [-0.05, 0) is 32.2 Å². The Morgan fingerprint density at radius 2 is 2.23 bits per heavy atom. The molecule has 0 aliphatic carbocycles. The summed E-state index contributed by atoms with van der Waals surface area (Å²) in [6.45, 7) is 2.88. The van der Waals surface area contributed by atoms with Gasteiger partial charge in [-0.2, -0.15) is 0 Å². The van der Waals surface area contributed by atoms with E-state index < -0.39 is 11.5 Å². The molecule has 0 aromatic carbocycles. The second kappa shape index (κ2) is 5.45. The first-order chi connectivity index (χ1) is 5.71. The molecule has 13 heavy (non-hydrogen) atoms. The Kier molecular flexibility index (Phi) is 5.33. The van der Waals surface area contributed by atoms with Crippen molar-refractivity contribution in [2.24, 2.45) is 0 Å². The average Bonchev–Trinajstić information content (AvgIpc) is 2.06. The van der Waals surface area contributed by atoms with Crippen LogP contribution >= 0.6 is 12.4 Å². The number of carboxylic acid groups (broad SMARTS) is 1. The minimum absolute atomic E-state index is 0. The summed E-state index contributed by atoms with van der Waals surface area (Å²) in [5.41, 5.74) is -0.604.